The fraction of sp³-hybridized carbons (Fsp3) is 0.556. The number of thiophene rings is 1. The molecule has 0 saturated carbocycles. The lowest BCUT2D eigenvalue weighted by atomic mass is 10.1. The summed E-state index contributed by atoms with van der Waals surface area (Å²) < 4.78 is 0. The van der Waals surface area contributed by atoms with E-state index in [0.29, 0.717) is 6.54 Å². The Balaban J connectivity index is 1.43. The summed E-state index contributed by atoms with van der Waals surface area (Å²) in [6, 6.07) is 2.41. The SMILES string of the molecule is Cc1nc(C2CCCN2CC(=O)N2CCc3sccc3C2)[nH]c1C. The quantitative estimate of drug-likeness (QED) is 0.931. The summed E-state index contributed by atoms with van der Waals surface area (Å²) in [6.07, 6.45) is 3.21. The second kappa shape index (κ2) is 6.33. The highest BCUT2D eigenvalue weighted by molar-refractivity contribution is 7.10. The van der Waals surface area contributed by atoms with Gasteiger partial charge in [-0.15, -0.1) is 11.3 Å². The van der Waals surface area contributed by atoms with E-state index in [2.05, 4.69) is 33.2 Å². The van der Waals surface area contributed by atoms with Crippen LogP contribution in [0.1, 0.15) is 46.5 Å². The van der Waals surface area contributed by atoms with Crippen LogP contribution in [0.4, 0.5) is 0 Å². The molecule has 4 heterocycles. The van der Waals surface area contributed by atoms with E-state index in [1.807, 2.05) is 23.2 Å². The molecule has 2 aromatic rings. The zero-order valence-electron chi connectivity index (χ0n) is 14.3. The van der Waals surface area contributed by atoms with E-state index in [9.17, 15) is 4.79 Å². The molecular weight excluding hydrogens is 320 g/mol. The number of aryl methyl sites for hydroxylation is 2. The summed E-state index contributed by atoms with van der Waals surface area (Å²) in [4.78, 5) is 26.6. The minimum atomic E-state index is 0.249. The Morgan fingerprint density at radius 2 is 2.29 bits per heavy atom. The van der Waals surface area contributed by atoms with Crippen LogP contribution < -0.4 is 0 Å². The number of aromatic nitrogens is 2. The van der Waals surface area contributed by atoms with Gasteiger partial charge in [-0.25, -0.2) is 4.98 Å². The number of carbonyl (C=O) groups is 1. The topological polar surface area (TPSA) is 52.2 Å². The number of nitrogens with one attached hydrogen (secondary N) is 1. The van der Waals surface area contributed by atoms with Gasteiger partial charge in [0.1, 0.15) is 5.82 Å². The van der Waals surface area contributed by atoms with Gasteiger partial charge in [0.25, 0.3) is 0 Å². The van der Waals surface area contributed by atoms with Crippen LogP contribution in [0.3, 0.4) is 0 Å². The van der Waals surface area contributed by atoms with Gasteiger partial charge < -0.3 is 9.88 Å². The van der Waals surface area contributed by atoms with Crippen LogP contribution in [0.5, 0.6) is 0 Å². The minimum Gasteiger partial charge on any atom is -0.345 e. The van der Waals surface area contributed by atoms with Gasteiger partial charge in [-0.1, -0.05) is 0 Å². The highest BCUT2D eigenvalue weighted by atomic mass is 32.1. The molecular formula is C18H24N4OS. The minimum absolute atomic E-state index is 0.249. The highest BCUT2D eigenvalue weighted by Gasteiger charge is 2.32. The summed E-state index contributed by atoms with van der Waals surface area (Å²) in [5.74, 6) is 1.27. The molecule has 1 fully saturated rings. The van der Waals surface area contributed by atoms with Crippen molar-refractivity contribution < 1.29 is 4.79 Å². The Bertz CT molecular complexity index is 731. The molecule has 1 unspecified atom stereocenters. The maximum Gasteiger partial charge on any atom is 0.237 e. The van der Waals surface area contributed by atoms with Crippen LogP contribution in [-0.2, 0) is 17.8 Å². The number of H-pyrrole nitrogens is 1. The highest BCUT2D eigenvalue weighted by Crippen LogP contribution is 2.31. The first-order valence-electron chi connectivity index (χ1n) is 8.72. The third-order valence-corrected chi connectivity index (χ3v) is 6.35. The molecule has 0 radical (unpaired) electrons. The Labute approximate surface area is 146 Å². The molecule has 1 N–H and O–H groups in total. The summed E-state index contributed by atoms with van der Waals surface area (Å²) in [7, 11) is 0. The first-order chi connectivity index (χ1) is 11.6. The van der Waals surface area contributed by atoms with Gasteiger partial charge >= 0.3 is 0 Å². The summed E-state index contributed by atoms with van der Waals surface area (Å²) in [6.45, 7) is 7.20. The van der Waals surface area contributed by atoms with Crippen molar-refractivity contribution in [3.8, 4) is 0 Å². The number of carbonyl (C=O) groups excluding carboxylic acids is 1. The molecule has 0 aliphatic carbocycles. The van der Waals surface area contributed by atoms with E-state index in [-0.39, 0.29) is 11.9 Å². The average molecular weight is 344 g/mol. The van der Waals surface area contributed by atoms with E-state index in [1.54, 1.807) is 0 Å². The van der Waals surface area contributed by atoms with Gasteiger partial charge in [0.15, 0.2) is 0 Å². The molecule has 2 aromatic heterocycles. The zero-order chi connectivity index (χ0) is 16.7. The van der Waals surface area contributed by atoms with Crippen molar-refractivity contribution >= 4 is 17.2 Å². The fourth-order valence-electron chi connectivity index (χ4n) is 3.79. The number of imidazole rings is 1. The van der Waals surface area contributed by atoms with Crippen LogP contribution in [0, 0.1) is 13.8 Å². The van der Waals surface area contributed by atoms with Crippen LogP contribution in [0.2, 0.25) is 0 Å². The fourth-order valence-corrected chi connectivity index (χ4v) is 4.68. The molecule has 0 bridgehead atoms. The number of nitrogens with zero attached hydrogens (tertiary/aromatic N) is 3. The van der Waals surface area contributed by atoms with Crippen molar-refractivity contribution in [2.24, 2.45) is 0 Å². The molecule has 5 nitrogen and oxygen atoms in total. The molecule has 0 aromatic carbocycles. The van der Waals surface area contributed by atoms with Crippen LogP contribution in [0.25, 0.3) is 0 Å². The number of fused-ring (bicyclic) bond motifs is 1. The number of hydrogen-bond donors (Lipinski definition) is 1. The average Bonchev–Trinajstić information content (AvgIpc) is 3.27. The number of amides is 1. The molecule has 0 spiro atoms. The molecule has 128 valence electrons. The number of rotatable bonds is 3. The van der Waals surface area contributed by atoms with Crippen molar-refractivity contribution in [2.75, 3.05) is 19.6 Å². The van der Waals surface area contributed by atoms with Gasteiger partial charge in [-0.3, -0.25) is 9.69 Å². The van der Waals surface area contributed by atoms with Crippen LogP contribution in [-0.4, -0.2) is 45.3 Å². The Hall–Kier alpha value is -1.66. The number of aromatic amines is 1. The molecule has 4 rings (SSSR count). The molecule has 1 saturated heterocycles. The Kier molecular flexibility index (Phi) is 4.18. The number of hydrogen-bond acceptors (Lipinski definition) is 4. The maximum absolute atomic E-state index is 12.8. The summed E-state index contributed by atoms with van der Waals surface area (Å²) in [5, 5.41) is 2.14. The normalized spacial score (nSPS) is 21.2. The first-order valence-corrected chi connectivity index (χ1v) is 9.60. The lowest BCUT2D eigenvalue weighted by Crippen LogP contribution is -2.42. The predicted molar refractivity (Wildman–Crippen MR) is 95.0 cm³/mol. The zero-order valence-corrected chi connectivity index (χ0v) is 15.2. The monoisotopic (exact) mass is 344 g/mol. The summed E-state index contributed by atoms with van der Waals surface area (Å²) >= 11 is 1.81. The van der Waals surface area contributed by atoms with Gasteiger partial charge in [-0.2, -0.15) is 0 Å². The van der Waals surface area contributed by atoms with Crippen molar-refractivity contribution in [1.82, 2.24) is 19.8 Å². The van der Waals surface area contributed by atoms with Gasteiger partial charge in [-0.05, 0) is 56.7 Å². The third-order valence-electron chi connectivity index (χ3n) is 5.32. The van der Waals surface area contributed by atoms with Crippen LogP contribution >= 0.6 is 11.3 Å². The van der Waals surface area contributed by atoms with Crippen molar-refractivity contribution in [2.45, 2.75) is 45.7 Å². The molecule has 1 atom stereocenters. The molecule has 2 aliphatic rings. The Morgan fingerprint density at radius 3 is 3.08 bits per heavy atom. The second-order valence-electron chi connectivity index (χ2n) is 6.90. The van der Waals surface area contributed by atoms with Crippen molar-refractivity contribution in [3.63, 3.8) is 0 Å². The maximum atomic E-state index is 12.8. The van der Waals surface area contributed by atoms with E-state index in [4.69, 9.17) is 0 Å². The Morgan fingerprint density at radius 1 is 1.42 bits per heavy atom. The number of likely N-dealkylation sites (tertiary alicyclic amines) is 1. The summed E-state index contributed by atoms with van der Waals surface area (Å²) in [5.41, 5.74) is 3.52. The lowest BCUT2D eigenvalue weighted by molar-refractivity contribution is -0.133. The van der Waals surface area contributed by atoms with E-state index in [1.165, 1.54) is 10.4 Å². The standard InChI is InChI=1S/C18H24N4OS/c1-12-13(2)20-18(19-12)15-4-3-7-21(15)11-17(23)22-8-5-16-14(10-22)6-9-24-16/h6,9,15H,3-5,7-8,10-11H2,1-2H3,(H,19,20). The predicted octanol–water partition coefficient (Wildman–Crippen LogP) is 2.81. The van der Waals surface area contributed by atoms with E-state index >= 15 is 0 Å². The largest absolute Gasteiger partial charge is 0.345 e. The first kappa shape index (κ1) is 15.8. The molecule has 6 heteroatoms. The van der Waals surface area contributed by atoms with Crippen molar-refractivity contribution in [1.29, 1.82) is 0 Å². The smallest absolute Gasteiger partial charge is 0.237 e. The third kappa shape index (κ3) is 2.89. The van der Waals surface area contributed by atoms with Crippen molar-refractivity contribution in [3.05, 3.63) is 39.1 Å². The van der Waals surface area contributed by atoms with Gasteiger partial charge in [0, 0.05) is 23.7 Å². The van der Waals surface area contributed by atoms with Gasteiger partial charge in [0.2, 0.25) is 5.91 Å². The second-order valence-corrected chi connectivity index (χ2v) is 7.90. The molecule has 1 amide bonds. The van der Waals surface area contributed by atoms with Gasteiger partial charge in [0.05, 0.1) is 18.3 Å². The molecule has 24 heavy (non-hydrogen) atoms. The molecule has 2 aliphatic heterocycles. The van der Waals surface area contributed by atoms with E-state index in [0.717, 1.165) is 56.1 Å². The van der Waals surface area contributed by atoms with Crippen LogP contribution in [0.15, 0.2) is 11.4 Å². The lowest BCUT2D eigenvalue weighted by Gasteiger charge is -2.30. The van der Waals surface area contributed by atoms with E-state index < -0.39 is 0 Å².